The molecule has 0 spiro atoms. The highest BCUT2D eigenvalue weighted by atomic mass is 15.3. The Kier molecular flexibility index (Phi) is 4.49. The van der Waals surface area contributed by atoms with Crippen molar-refractivity contribution in [2.75, 3.05) is 19.6 Å². The van der Waals surface area contributed by atoms with Crippen molar-refractivity contribution >= 4 is 10.8 Å². The van der Waals surface area contributed by atoms with Gasteiger partial charge in [-0.05, 0) is 63.1 Å². The minimum absolute atomic E-state index is 1.15. The van der Waals surface area contributed by atoms with Gasteiger partial charge in [-0.3, -0.25) is 0 Å². The second-order valence-electron chi connectivity index (χ2n) is 6.09. The first-order valence-corrected chi connectivity index (χ1v) is 7.88. The van der Waals surface area contributed by atoms with Crippen LogP contribution in [0.4, 0.5) is 0 Å². The van der Waals surface area contributed by atoms with E-state index in [0.717, 1.165) is 6.54 Å². The quantitative estimate of drug-likeness (QED) is 0.682. The van der Waals surface area contributed by atoms with Gasteiger partial charge in [0.1, 0.15) is 6.54 Å². The summed E-state index contributed by atoms with van der Waals surface area (Å²) in [6.07, 6.45) is 0. The zero-order valence-corrected chi connectivity index (χ0v) is 13.7. The van der Waals surface area contributed by atoms with Gasteiger partial charge in [0.05, 0.1) is 19.6 Å². The Labute approximate surface area is 123 Å². The Bertz CT molecular complexity index is 586. The fourth-order valence-electron chi connectivity index (χ4n) is 3.24. The van der Waals surface area contributed by atoms with Crippen LogP contribution in [0.5, 0.6) is 0 Å². The van der Waals surface area contributed by atoms with Gasteiger partial charge in [0.25, 0.3) is 0 Å². The van der Waals surface area contributed by atoms with Gasteiger partial charge in [-0.15, -0.1) is 0 Å². The summed E-state index contributed by atoms with van der Waals surface area (Å²) in [4.78, 5) is 0. The molecule has 0 aliphatic heterocycles. The first-order valence-electron chi connectivity index (χ1n) is 7.88. The number of quaternary nitrogens is 1. The van der Waals surface area contributed by atoms with Crippen LogP contribution in [0.3, 0.4) is 0 Å². The Morgan fingerprint density at radius 1 is 0.850 bits per heavy atom. The molecule has 0 radical (unpaired) electrons. The third-order valence-electron chi connectivity index (χ3n) is 4.91. The van der Waals surface area contributed by atoms with Gasteiger partial charge in [-0.1, -0.05) is 23.8 Å². The van der Waals surface area contributed by atoms with E-state index < -0.39 is 0 Å². The SMILES string of the molecule is CC[N+](CC)(CC)Cc1cc(C)c2ccc(C)cc2c1. The van der Waals surface area contributed by atoms with E-state index in [1.807, 2.05) is 0 Å². The van der Waals surface area contributed by atoms with Gasteiger partial charge in [-0.2, -0.15) is 0 Å². The van der Waals surface area contributed by atoms with Crippen LogP contribution in [-0.4, -0.2) is 24.1 Å². The van der Waals surface area contributed by atoms with Crippen molar-refractivity contribution in [2.45, 2.75) is 41.2 Å². The highest BCUT2D eigenvalue weighted by molar-refractivity contribution is 5.86. The zero-order chi connectivity index (χ0) is 14.8. The van der Waals surface area contributed by atoms with E-state index in [2.05, 4.69) is 65.0 Å². The third kappa shape index (κ3) is 2.88. The molecule has 2 aromatic carbocycles. The lowest BCUT2D eigenvalue weighted by molar-refractivity contribution is -0.936. The maximum Gasteiger partial charge on any atom is 0.104 e. The minimum Gasteiger partial charge on any atom is -0.321 e. The van der Waals surface area contributed by atoms with Crippen LogP contribution in [0.15, 0.2) is 30.3 Å². The summed E-state index contributed by atoms with van der Waals surface area (Å²) in [6.45, 7) is 16.1. The lowest BCUT2D eigenvalue weighted by Crippen LogP contribution is -2.46. The Morgan fingerprint density at radius 2 is 1.50 bits per heavy atom. The Balaban J connectivity index is 2.45. The maximum absolute atomic E-state index is 2.39. The highest BCUT2D eigenvalue weighted by Crippen LogP contribution is 2.24. The fraction of sp³-hybridized carbons (Fsp3) is 0.474. The zero-order valence-electron chi connectivity index (χ0n) is 13.7. The predicted molar refractivity (Wildman–Crippen MR) is 89.0 cm³/mol. The molecule has 1 heteroatoms. The van der Waals surface area contributed by atoms with Gasteiger partial charge in [-0.25, -0.2) is 0 Å². The fourth-order valence-corrected chi connectivity index (χ4v) is 3.24. The van der Waals surface area contributed by atoms with Crippen molar-refractivity contribution in [1.82, 2.24) is 0 Å². The molecule has 0 saturated carbocycles. The molecule has 0 aromatic heterocycles. The lowest BCUT2D eigenvalue weighted by Gasteiger charge is -2.36. The second kappa shape index (κ2) is 5.97. The molecule has 1 nitrogen and oxygen atoms in total. The lowest BCUT2D eigenvalue weighted by atomic mass is 9.99. The molecule has 0 saturated heterocycles. The van der Waals surface area contributed by atoms with Crippen molar-refractivity contribution in [3.63, 3.8) is 0 Å². The molecule has 0 N–H and O–H groups in total. The second-order valence-corrected chi connectivity index (χ2v) is 6.09. The number of hydrogen-bond acceptors (Lipinski definition) is 0. The van der Waals surface area contributed by atoms with E-state index in [1.54, 1.807) is 0 Å². The summed E-state index contributed by atoms with van der Waals surface area (Å²) < 4.78 is 1.18. The molecule has 20 heavy (non-hydrogen) atoms. The molecule has 0 bridgehead atoms. The normalized spacial score (nSPS) is 12.1. The molecule has 0 unspecified atom stereocenters. The maximum atomic E-state index is 2.39. The first-order chi connectivity index (χ1) is 9.53. The Morgan fingerprint density at radius 3 is 2.10 bits per heavy atom. The summed E-state index contributed by atoms with van der Waals surface area (Å²) in [6, 6.07) is 11.5. The third-order valence-corrected chi connectivity index (χ3v) is 4.91. The number of fused-ring (bicyclic) bond motifs is 1. The molecule has 0 fully saturated rings. The van der Waals surface area contributed by atoms with Gasteiger partial charge >= 0.3 is 0 Å². The predicted octanol–water partition coefficient (Wildman–Crippen LogP) is 4.83. The molecule has 0 aliphatic rings. The van der Waals surface area contributed by atoms with E-state index in [4.69, 9.17) is 0 Å². The van der Waals surface area contributed by atoms with Gasteiger partial charge in [0.15, 0.2) is 0 Å². The average Bonchev–Trinajstić information content (AvgIpc) is 2.44. The van der Waals surface area contributed by atoms with Crippen LogP contribution in [0.25, 0.3) is 10.8 Å². The number of nitrogens with zero attached hydrogens (tertiary/aromatic N) is 1. The molecule has 0 amide bonds. The van der Waals surface area contributed by atoms with Crippen molar-refractivity contribution < 1.29 is 4.48 Å². The van der Waals surface area contributed by atoms with Crippen LogP contribution in [0.2, 0.25) is 0 Å². The van der Waals surface area contributed by atoms with E-state index >= 15 is 0 Å². The largest absolute Gasteiger partial charge is 0.321 e. The van der Waals surface area contributed by atoms with E-state index in [-0.39, 0.29) is 0 Å². The number of aryl methyl sites for hydroxylation is 2. The first kappa shape index (κ1) is 15.1. The monoisotopic (exact) mass is 270 g/mol. The summed E-state index contributed by atoms with van der Waals surface area (Å²) in [5.74, 6) is 0. The molecule has 0 heterocycles. The standard InChI is InChI=1S/C19H28N/c1-6-20(7-2,8-3)14-17-12-16(5)19-10-9-15(4)11-18(19)13-17/h9-13H,6-8,14H2,1-5H3/q+1. The van der Waals surface area contributed by atoms with Gasteiger partial charge in [0, 0.05) is 5.56 Å². The minimum atomic E-state index is 1.15. The van der Waals surface area contributed by atoms with E-state index in [1.165, 1.54) is 51.6 Å². The van der Waals surface area contributed by atoms with Crippen molar-refractivity contribution in [3.05, 3.63) is 47.0 Å². The molecule has 2 rings (SSSR count). The molecule has 108 valence electrons. The number of benzene rings is 2. The summed E-state index contributed by atoms with van der Waals surface area (Å²) in [7, 11) is 0. The van der Waals surface area contributed by atoms with Crippen molar-refractivity contribution in [3.8, 4) is 0 Å². The Hall–Kier alpha value is -1.34. The molecular weight excluding hydrogens is 242 g/mol. The summed E-state index contributed by atoms with van der Waals surface area (Å²) >= 11 is 0. The molecular formula is C19H28N+. The van der Waals surface area contributed by atoms with Crippen LogP contribution in [0, 0.1) is 13.8 Å². The topological polar surface area (TPSA) is 0 Å². The van der Waals surface area contributed by atoms with E-state index in [0.29, 0.717) is 0 Å². The average molecular weight is 270 g/mol. The van der Waals surface area contributed by atoms with Crippen molar-refractivity contribution in [1.29, 1.82) is 0 Å². The summed E-state index contributed by atoms with van der Waals surface area (Å²) in [5, 5.41) is 2.78. The molecule has 0 aliphatic carbocycles. The number of hydrogen-bond donors (Lipinski definition) is 0. The van der Waals surface area contributed by atoms with Gasteiger partial charge < -0.3 is 4.48 Å². The smallest absolute Gasteiger partial charge is 0.104 e. The van der Waals surface area contributed by atoms with Crippen LogP contribution in [0.1, 0.15) is 37.5 Å². The number of rotatable bonds is 5. The van der Waals surface area contributed by atoms with Crippen LogP contribution >= 0.6 is 0 Å². The summed E-state index contributed by atoms with van der Waals surface area (Å²) in [5.41, 5.74) is 4.22. The highest BCUT2D eigenvalue weighted by Gasteiger charge is 2.21. The van der Waals surface area contributed by atoms with E-state index in [9.17, 15) is 0 Å². The van der Waals surface area contributed by atoms with Gasteiger partial charge in [0.2, 0.25) is 0 Å². The molecule has 2 aromatic rings. The molecule has 0 atom stereocenters. The van der Waals surface area contributed by atoms with Crippen LogP contribution in [-0.2, 0) is 6.54 Å². The van der Waals surface area contributed by atoms with Crippen LogP contribution < -0.4 is 0 Å². The van der Waals surface area contributed by atoms with Crippen molar-refractivity contribution in [2.24, 2.45) is 0 Å².